The normalized spacial score (nSPS) is 10.4. The van der Waals surface area contributed by atoms with E-state index >= 15 is 0 Å². The van der Waals surface area contributed by atoms with Crippen molar-refractivity contribution in [2.24, 2.45) is 0 Å². The lowest BCUT2D eigenvalue weighted by Gasteiger charge is -2.18. The summed E-state index contributed by atoms with van der Waals surface area (Å²) in [6.07, 6.45) is 2.86. The zero-order chi connectivity index (χ0) is 17.0. The number of aromatic nitrogens is 3. The predicted octanol–water partition coefficient (Wildman–Crippen LogP) is 2.68. The van der Waals surface area contributed by atoms with Crippen LogP contribution in [-0.2, 0) is 0 Å². The van der Waals surface area contributed by atoms with Gasteiger partial charge in [0, 0.05) is 23.8 Å². The second kappa shape index (κ2) is 7.56. The molecular formula is C14H15BrClN5O2. The van der Waals surface area contributed by atoms with Gasteiger partial charge in [0.15, 0.2) is 5.69 Å². The highest BCUT2D eigenvalue weighted by Gasteiger charge is 2.17. The molecule has 2 rings (SSSR count). The number of amides is 1. The number of carbonyl (C=O) groups excluding carboxylic acids is 1. The number of hydrogen-bond donors (Lipinski definition) is 2. The molecule has 0 radical (unpaired) electrons. The first-order chi connectivity index (χ1) is 11.0. The van der Waals surface area contributed by atoms with Gasteiger partial charge < -0.3 is 15.2 Å². The third-order valence-electron chi connectivity index (χ3n) is 3.11. The summed E-state index contributed by atoms with van der Waals surface area (Å²) < 4.78 is 0.630. The van der Waals surface area contributed by atoms with Crippen LogP contribution in [-0.4, -0.2) is 33.9 Å². The van der Waals surface area contributed by atoms with Gasteiger partial charge in [0.25, 0.3) is 11.5 Å². The van der Waals surface area contributed by atoms with Crippen molar-refractivity contribution in [3.8, 4) is 0 Å². The van der Waals surface area contributed by atoms with Crippen LogP contribution in [0.5, 0.6) is 0 Å². The topological polar surface area (TPSA) is 91.0 Å². The van der Waals surface area contributed by atoms with Crippen LogP contribution >= 0.6 is 27.5 Å². The van der Waals surface area contributed by atoms with Gasteiger partial charge in [-0.25, -0.2) is 9.97 Å². The Labute approximate surface area is 146 Å². The number of hydrogen-bond acceptors (Lipinski definition) is 5. The molecule has 2 aromatic rings. The number of rotatable bonds is 5. The van der Waals surface area contributed by atoms with Gasteiger partial charge in [0.1, 0.15) is 5.69 Å². The molecule has 0 unspecified atom stereocenters. The first kappa shape index (κ1) is 17.4. The molecular weight excluding hydrogens is 386 g/mol. The van der Waals surface area contributed by atoms with Crippen molar-refractivity contribution in [1.82, 2.24) is 15.0 Å². The second-order valence-electron chi connectivity index (χ2n) is 4.55. The van der Waals surface area contributed by atoms with E-state index in [1.807, 2.05) is 18.7 Å². The van der Waals surface area contributed by atoms with Crippen LogP contribution in [0.3, 0.4) is 0 Å². The van der Waals surface area contributed by atoms with Crippen LogP contribution in [0.2, 0.25) is 5.02 Å². The van der Waals surface area contributed by atoms with E-state index in [4.69, 9.17) is 11.6 Å². The number of nitrogens with one attached hydrogen (secondary N) is 2. The van der Waals surface area contributed by atoms with E-state index in [0.29, 0.717) is 23.5 Å². The Balaban J connectivity index is 2.33. The molecule has 0 saturated heterocycles. The van der Waals surface area contributed by atoms with Gasteiger partial charge in [-0.05, 0) is 35.8 Å². The molecule has 2 N–H and O–H groups in total. The molecule has 2 heterocycles. The summed E-state index contributed by atoms with van der Waals surface area (Å²) in [7, 11) is 0. The lowest BCUT2D eigenvalue weighted by atomic mass is 10.3. The first-order valence-corrected chi connectivity index (χ1v) is 8.10. The molecule has 0 bridgehead atoms. The maximum atomic E-state index is 12.4. The monoisotopic (exact) mass is 399 g/mol. The molecule has 9 heteroatoms. The molecule has 0 aliphatic carbocycles. The van der Waals surface area contributed by atoms with E-state index in [1.54, 1.807) is 0 Å². The average molecular weight is 401 g/mol. The smallest absolute Gasteiger partial charge is 0.276 e. The van der Waals surface area contributed by atoms with Crippen molar-refractivity contribution in [3.05, 3.63) is 44.0 Å². The minimum atomic E-state index is -0.575. The third-order valence-corrected chi connectivity index (χ3v) is 3.84. The van der Waals surface area contributed by atoms with Crippen LogP contribution in [0.25, 0.3) is 0 Å². The quantitative estimate of drug-likeness (QED) is 0.805. The summed E-state index contributed by atoms with van der Waals surface area (Å²) in [4.78, 5) is 36.8. The van der Waals surface area contributed by atoms with Gasteiger partial charge in [-0.15, -0.1) is 0 Å². The molecule has 0 atom stereocenters. The minimum Gasteiger partial charge on any atom is -0.341 e. The van der Waals surface area contributed by atoms with E-state index in [9.17, 15) is 9.59 Å². The summed E-state index contributed by atoms with van der Waals surface area (Å²) in [5, 5.41) is 2.62. The Bertz CT molecular complexity index is 776. The lowest BCUT2D eigenvalue weighted by molar-refractivity contribution is 0.102. The molecule has 122 valence electrons. The molecule has 7 nitrogen and oxygen atoms in total. The van der Waals surface area contributed by atoms with Crippen LogP contribution in [0.1, 0.15) is 24.3 Å². The van der Waals surface area contributed by atoms with E-state index < -0.39 is 11.5 Å². The summed E-state index contributed by atoms with van der Waals surface area (Å²) in [6.45, 7) is 5.32. The predicted molar refractivity (Wildman–Crippen MR) is 93.3 cm³/mol. The Morgan fingerprint density at radius 1 is 1.43 bits per heavy atom. The molecule has 23 heavy (non-hydrogen) atoms. The van der Waals surface area contributed by atoms with Crippen molar-refractivity contribution < 1.29 is 4.79 Å². The van der Waals surface area contributed by atoms with Crippen LogP contribution in [0, 0.1) is 0 Å². The Morgan fingerprint density at radius 2 is 2.13 bits per heavy atom. The molecule has 0 aliphatic heterocycles. The number of anilines is 2. The SMILES string of the molecule is CCN(CC)c1ncc(Cl)c(C(=O)Nc2cc(Br)c[nH]c2=O)n1. The number of aromatic amines is 1. The number of H-pyrrole nitrogens is 1. The third kappa shape index (κ3) is 4.08. The van der Waals surface area contributed by atoms with Crippen molar-refractivity contribution in [1.29, 1.82) is 0 Å². The largest absolute Gasteiger partial charge is 0.341 e. The Kier molecular flexibility index (Phi) is 5.73. The van der Waals surface area contributed by atoms with Crippen LogP contribution < -0.4 is 15.8 Å². The molecule has 0 saturated carbocycles. The number of nitrogens with zero attached hydrogens (tertiary/aromatic N) is 3. The minimum absolute atomic E-state index is 0.0166. The van der Waals surface area contributed by atoms with Gasteiger partial charge in [0.05, 0.1) is 11.2 Å². The van der Waals surface area contributed by atoms with Crippen molar-refractivity contribution in [2.75, 3.05) is 23.3 Å². The fourth-order valence-corrected chi connectivity index (χ4v) is 2.43. The molecule has 0 fully saturated rings. The van der Waals surface area contributed by atoms with E-state index in [-0.39, 0.29) is 16.4 Å². The van der Waals surface area contributed by atoms with E-state index in [1.165, 1.54) is 18.5 Å². The second-order valence-corrected chi connectivity index (χ2v) is 5.88. The summed E-state index contributed by atoms with van der Waals surface area (Å²) in [5.41, 5.74) is -0.304. The number of halogens is 2. The Morgan fingerprint density at radius 3 is 2.78 bits per heavy atom. The van der Waals surface area contributed by atoms with Crippen molar-refractivity contribution >= 4 is 45.1 Å². The zero-order valence-electron chi connectivity index (χ0n) is 12.6. The van der Waals surface area contributed by atoms with Crippen molar-refractivity contribution in [3.63, 3.8) is 0 Å². The van der Waals surface area contributed by atoms with Gasteiger partial charge in [-0.3, -0.25) is 9.59 Å². The van der Waals surface area contributed by atoms with Gasteiger partial charge in [0.2, 0.25) is 5.95 Å². The lowest BCUT2D eigenvalue weighted by Crippen LogP contribution is -2.26. The molecule has 0 aromatic carbocycles. The summed E-state index contributed by atoms with van der Waals surface area (Å²) in [6, 6.07) is 1.50. The summed E-state index contributed by atoms with van der Waals surface area (Å²) >= 11 is 9.25. The maximum Gasteiger partial charge on any atom is 0.276 e. The van der Waals surface area contributed by atoms with E-state index in [2.05, 4.69) is 36.2 Å². The highest BCUT2D eigenvalue weighted by molar-refractivity contribution is 9.10. The standard InChI is InChI=1S/C14H15BrClN5O2/c1-3-21(4-2)14-18-7-9(16)11(20-14)13(23)19-10-5-8(15)6-17-12(10)22/h5-7H,3-4H2,1-2H3,(H,17,22)(H,19,23). The average Bonchev–Trinajstić information content (AvgIpc) is 2.53. The fraction of sp³-hybridized carbons (Fsp3) is 0.286. The Hall–Kier alpha value is -1.93. The highest BCUT2D eigenvalue weighted by Crippen LogP contribution is 2.18. The van der Waals surface area contributed by atoms with Gasteiger partial charge >= 0.3 is 0 Å². The highest BCUT2D eigenvalue weighted by atomic mass is 79.9. The fourth-order valence-electron chi connectivity index (χ4n) is 1.91. The van der Waals surface area contributed by atoms with Crippen LogP contribution in [0.4, 0.5) is 11.6 Å². The van der Waals surface area contributed by atoms with Crippen molar-refractivity contribution in [2.45, 2.75) is 13.8 Å². The van der Waals surface area contributed by atoms with E-state index in [0.717, 1.165) is 0 Å². The molecule has 0 spiro atoms. The zero-order valence-corrected chi connectivity index (χ0v) is 14.9. The number of pyridine rings is 1. The maximum absolute atomic E-state index is 12.4. The number of carbonyl (C=O) groups is 1. The molecule has 1 amide bonds. The van der Waals surface area contributed by atoms with Crippen LogP contribution in [0.15, 0.2) is 27.7 Å². The first-order valence-electron chi connectivity index (χ1n) is 6.93. The summed E-state index contributed by atoms with van der Waals surface area (Å²) in [5.74, 6) is -0.165. The van der Waals surface area contributed by atoms with Gasteiger partial charge in [-0.2, -0.15) is 0 Å². The molecule has 0 aliphatic rings. The van der Waals surface area contributed by atoms with Gasteiger partial charge in [-0.1, -0.05) is 11.6 Å². The molecule has 2 aromatic heterocycles.